The molecule has 2 aromatic carbocycles. The van der Waals surface area contributed by atoms with E-state index in [1.54, 1.807) is 12.1 Å². The van der Waals surface area contributed by atoms with Crippen LogP contribution in [-0.4, -0.2) is 43.5 Å². The van der Waals surface area contributed by atoms with Crippen molar-refractivity contribution in [3.05, 3.63) is 65.7 Å². The van der Waals surface area contributed by atoms with E-state index in [2.05, 4.69) is 20.7 Å². The van der Waals surface area contributed by atoms with Crippen molar-refractivity contribution in [3.8, 4) is 0 Å². The SMILES string of the molecule is O=C(NCc1ccccc1)c1ccccc1NS(=O)(=O)C1CNC(O)NC1=O. The van der Waals surface area contributed by atoms with E-state index in [1.807, 2.05) is 30.3 Å². The lowest BCUT2D eigenvalue weighted by molar-refractivity contribution is -0.126. The number of carbonyl (C=O) groups is 2. The molecule has 2 atom stereocenters. The molecule has 5 N–H and O–H groups in total. The molecule has 1 saturated heterocycles. The zero-order valence-corrected chi connectivity index (χ0v) is 15.6. The van der Waals surface area contributed by atoms with Crippen molar-refractivity contribution in [1.29, 1.82) is 0 Å². The molecule has 0 saturated carbocycles. The van der Waals surface area contributed by atoms with E-state index in [-0.39, 0.29) is 24.3 Å². The highest BCUT2D eigenvalue weighted by atomic mass is 32.2. The van der Waals surface area contributed by atoms with Crippen LogP contribution >= 0.6 is 0 Å². The van der Waals surface area contributed by atoms with Crippen molar-refractivity contribution < 1.29 is 23.1 Å². The molecule has 0 aromatic heterocycles. The summed E-state index contributed by atoms with van der Waals surface area (Å²) in [6.45, 7) is 0.0261. The molecule has 1 aliphatic rings. The van der Waals surface area contributed by atoms with Crippen LogP contribution in [0.4, 0.5) is 5.69 Å². The van der Waals surface area contributed by atoms with Crippen molar-refractivity contribution in [2.75, 3.05) is 11.3 Å². The summed E-state index contributed by atoms with van der Waals surface area (Å²) < 4.78 is 27.5. The molecule has 0 radical (unpaired) electrons. The number of aliphatic hydroxyl groups excluding tert-OH is 1. The maximum atomic E-state index is 12.6. The lowest BCUT2D eigenvalue weighted by Crippen LogP contribution is -2.61. The van der Waals surface area contributed by atoms with Gasteiger partial charge in [-0.2, -0.15) is 0 Å². The largest absolute Gasteiger partial charge is 0.361 e. The molecule has 10 heteroatoms. The smallest absolute Gasteiger partial charge is 0.253 e. The van der Waals surface area contributed by atoms with Gasteiger partial charge in [0.25, 0.3) is 5.91 Å². The van der Waals surface area contributed by atoms with Gasteiger partial charge in [0.2, 0.25) is 15.9 Å². The molecule has 3 rings (SSSR count). The fourth-order valence-electron chi connectivity index (χ4n) is 2.71. The molecule has 1 heterocycles. The minimum Gasteiger partial charge on any atom is -0.361 e. The predicted octanol–water partition coefficient (Wildman–Crippen LogP) is -0.278. The fraction of sp³-hybridized carbons (Fsp3) is 0.222. The van der Waals surface area contributed by atoms with Gasteiger partial charge in [0.1, 0.15) is 0 Å². The summed E-state index contributed by atoms with van der Waals surface area (Å²) >= 11 is 0. The van der Waals surface area contributed by atoms with E-state index in [4.69, 9.17) is 0 Å². The first kappa shape index (κ1) is 19.8. The number of carbonyl (C=O) groups excluding carboxylic acids is 2. The Bertz CT molecular complexity index is 965. The standard InChI is InChI=1S/C18H20N4O5S/c23-16(19-10-12-6-2-1-3-7-12)13-8-4-5-9-14(13)22-28(26,27)15-11-20-18(25)21-17(15)24/h1-9,15,18,20,22,25H,10-11H2,(H,19,23)(H,21,24). The van der Waals surface area contributed by atoms with Gasteiger partial charge < -0.3 is 15.7 Å². The van der Waals surface area contributed by atoms with Gasteiger partial charge in [-0.3, -0.25) is 19.6 Å². The van der Waals surface area contributed by atoms with Crippen LogP contribution in [0.5, 0.6) is 0 Å². The maximum absolute atomic E-state index is 12.6. The molecule has 2 amide bonds. The molecular weight excluding hydrogens is 384 g/mol. The van der Waals surface area contributed by atoms with Crippen LogP contribution in [0.2, 0.25) is 0 Å². The molecule has 2 unspecified atom stereocenters. The average Bonchev–Trinajstić information content (AvgIpc) is 2.66. The van der Waals surface area contributed by atoms with E-state index in [0.29, 0.717) is 0 Å². The van der Waals surface area contributed by atoms with Gasteiger partial charge in [-0.1, -0.05) is 42.5 Å². The van der Waals surface area contributed by atoms with Gasteiger partial charge in [-0.25, -0.2) is 8.42 Å². The van der Waals surface area contributed by atoms with Gasteiger partial charge in [-0.15, -0.1) is 0 Å². The number of para-hydroxylation sites is 1. The number of hydrogen-bond acceptors (Lipinski definition) is 6. The highest BCUT2D eigenvalue weighted by Gasteiger charge is 2.37. The number of hydrogen-bond donors (Lipinski definition) is 5. The van der Waals surface area contributed by atoms with Crippen LogP contribution in [0, 0.1) is 0 Å². The molecule has 9 nitrogen and oxygen atoms in total. The van der Waals surface area contributed by atoms with E-state index in [9.17, 15) is 23.1 Å². The van der Waals surface area contributed by atoms with Crippen molar-refractivity contribution in [3.63, 3.8) is 0 Å². The Morgan fingerprint density at radius 1 is 1.11 bits per heavy atom. The Morgan fingerprint density at radius 3 is 2.50 bits per heavy atom. The topological polar surface area (TPSA) is 137 Å². The summed E-state index contributed by atoms with van der Waals surface area (Å²) in [6.07, 6.45) is -1.30. The normalized spacial score (nSPS) is 19.5. The van der Waals surface area contributed by atoms with E-state index in [0.717, 1.165) is 5.56 Å². The minimum absolute atomic E-state index is 0.0620. The van der Waals surface area contributed by atoms with Crippen LogP contribution < -0.4 is 20.7 Å². The third-order valence-electron chi connectivity index (χ3n) is 4.16. The summed E-state index contributed by atoms with van der Waals surface area (Å²) in [5, 5.41) is 15.2. The fourth-order valence-corrected chi connectivity index (χ4v) is 4.00. The first-order chi connectivity index (χ1) is 13.4. The zero-order chi connectivity index (χ0) is 20.1. The van der Waals surface area contributed by atoms with Crippen LogP contribution in [-0.2, 0) is 21.4 Å². The number of anilines is 1. The third-order valence-corrected chi connectivity index (χ3v) is 5.80. The second-order valence-corrected chi connectivity index (χ2v) is 8.03. The number of benzene rings is 2. The van der Waals surface area contributed by atoms with Crippen molar-refractivity contribution in [2.24, 2.45) is 0 Å². The van der Waals surface area contributed by atoms with E-state index < -0.39 is 33.4 Å². The summed E-state index contributed by atoms with van der Waals surface area (Å²) in [4.78, 5) is 24.4. The van der Waals surface area contributed by atoms with Crippen molar-refractivity contribution >= 4 is 27.5 Å². The monoisotopic (exact) mass is 404 g/mol. The van der Waals surface area contributed by atoms with Crippen LogP contribution in [0.25, 0.3) is 0 Å². The number of amides is 2. The molecule has 28 heavy (non-hydrogen) atoms. The minimum atomic E-state index is -4.15. The molecule has 0 aliphatic carbocycles. The Labute approximate surface area is 162 Å². The number of rotatable bonds is 6. The number of aliphatic hydroxyl groups is 1. The second kappa shape index (κ2) is 8.38. The average molecular weight is 404 g/mol. The third kappa shape index (κ3) is 4.66. The lowest BCUT2D eigenvalue weighted by atomic mass is 10.1. The molecule has 0 spiro atoms. The highest BCUT2D eigenvalue weighted by Crippen LogP contribution is 2.19. The summed E-state index contributed by atoms with van der Waals surface area (Å²) in [5.74, 6) is -1.28. The predicted molar refractivity (Wildman–Crippen MR) is 103 cm³/mol. The molecule has 2 aromatic rings. The molecule has 1 fully saturated rings. The van der Waals surface area contributed by atoms with Gasteiger partial charge in [-0.05, 0) is 17.7 Å². The number of nitrogens with one attached hydrogen (secondary N) is 4. The van der Waals surface area contributed by atoms with E-state index >= 15 is 0 Å². The summed E-state index contributed by atoms with van der Waals surface area (Å²) in [6, 6.07) is 15.4. The summed E-state index contributed by atoms with van der Waals surface area (Å²) in [7, 11) is -4.15. The maximum Gasteiger partial charge on any atom is 0.253 e. The molecule has 1 aliphatic heterocycles. The number of sulfonamides is 1. The Balaban J connectivity index is 1.74. The van der Waals surface area contributed by atoms with Gasteiger partial charge in [0.05, 0.1) is 11.3 Å². The Hall–Kier alpha value is -2.95. The second-order valence-electron chi connectivity index (χ2n) is 6.17. The van der Waals surface area contributed by atoms with Crippen LogP contribution in [0.15, 0.2) is 54.6 Å². The zero-order valence-electron chi connectivity index (χ0n) is 14.8. The highest BCUT2D eigenvalue weighted by molar-refractivity contribution is 7.94. The van der Waals surface area contributed by atoms with Gasteiger partial charge >= 0.3 is 0 Å². The van der Waals surface area contributed by atoms with Gasteiger partial charge in [0, 0.05) is 13.1 Å². The first-order valence-electron chi connectivity index (χ1n) is 8.51. The summed E-state index contributed by atoms with van der Waals surface area (Å²) in [5.41, 5.74) is 1.09. The first-order valence-corrected chi connectivity index (χ1v) is 10.1. The van der Waals surface area contributed by atoms with Gasteiger partial charge in [0.15, 0.2) is 11.6 Å². The lowest BCUT2D eigenvalue weighted by Gasteiger charge is -2.27. The Kier molecular flexibility index (Phi) is 5.93. The van der Waals surface area contributed by atoms with Crippen LogP contribution in [0.1, 0.15) is 15.9 Å². The van der Waals surface area contributed by atoms with Crippen LogP contribution in [0.3, 0.4) is 0 Å². The van der Waals surface area contributed by atoms with Crippen molar-refractivity contribution in [1.82, 2.24) is 16.0 Å². The van der Waals surface area contributed by atoms with Crippen molar-refractivity contribution in [2.45, 2.75) is 18.1 Å². The molecule has 0 bridgehead atoms. The molecular formula is C18H20N4O5S. The molecule has 148 valence electrons. The Morgan fingerprint density at radius 2 is 1.79 bits per heavy atom. The quantitative estimate of drug-likeness (QED) is 0.449. The van der Waals surface area contributed by atoms with E-state index in [1.165, 1.54) is 12.1 Å².